The molecule has 4 radical (unpaired) electrons. The van der Waals surface area contributed by atoms with Crippen LogP contribution in [0.25, 0.3) is 11.3 Å². The van der Waals surface area contributed by atoms with Gasteiger partial charge < -0.3 is 28.1 Å². The Bertz CT molecular complexity index is 1290. The molecule has 200 valence electrons. The number of phenolic OH excluding ortho intramolecular Hbond substituents is 1. The van der Waals surface area contributed by atoms with E-state index in [9.17, 15) is 15.0 Å². The minimum Gasteiger partial charge on any atom is -1.00 e. The van der Waals surface area contributed by atoms with Crippen LogP contribution in [0.5, 0.6) is 11.6 Å². The van der Waals surface area contributed by atoms with E-state index in [0.29, 0.717) is 52.3 Å². The molecule has 0 bridgehead atoms. The Labute approximate surface area is 258 Å². The SMILES string of the molecule is COC(=O)C(C)C(c1ccc(CCC(O)c2ncc(-c3cc(OC)ncc3Cl)nc2C)c(O)c1)C1CC1.[B-].[Na+]. The second-order valence-electron chi connectivity index (χ2n) is 9.55. The number of hydrogen-bond donors (Lipinski definition) is 2. The smallest absolute Gasteiger partial charge is 1.00 e. The van der Waals surface area contributed by atoms with Gasteiger partial charge in [-0.1, -0.05) is 30.7 Å². The van der Waals surface area contributed by atoms with Crippen molar-refractivity contribution < 1.29 is 54.0 Å². The molecule has 1 aromatic carbocycles. The Kier molecular flexibility index (Phi) is 12.3. The fourth-order valence-corrected chi connectivity index (χ4v) is 5.06. The van der Waals surface area contributed by atoms with Gasteiger partial charge in [0.05, 0.1) is 60.7 Å². The van der Waals surface area contributed by atoms with Gasteiger partial charge in [0.25, 0.3) is 0 Å². The Hall–Kier alpha value is -2.17. The summed E-state index contributed by atoms with van der Waals surface area (Å²) in [5.74, 6) is 0.495. The van der Waals surface area contributed by atoms with Crippen LogP contribution >= 0.6 is 11.6 Å². The molecule has 2 heterocycles. The molecule has 0 spiro atoms. The molecule has 3 atom stereocenters. The van der Waals surface area contributed by atoms with E-state index in [-0.39, 0.29) is 61.5 Å². The number of aryl methyl sites for hydroxylation is 2. The van der Waals surface area contributed by atoms with E-state index in [2.05, 4.69) is 15.0 Å². The topological polar surface area (TPSA) is 115 Å². The van der Waals surface area contributed by atoms with Crippen molar-refractivity contribution in [1.82, 2.24) is 15.0 Å². The van der Waals surface area contributed by atoms with Gasteiger partial charge in [0.2, 0.25) is 5.88 Å². The van der Waals surface area contributed by atoms with Crippen LogP contribution in [-0.2, 0) is 16.0 Å². The number of aromatic hydroxyl groups is 1. The number of hydrogen-bond acceptors (Lipinski definition) is 8. The van der Waals surface area contributed by atoms with E-state index in [4.69, 9.17) is 21.1 Å². The number of methoxy groups -OCH3 is 2. The molecule has 1 fully saturated rings. The van der Waals surface area contributed by atoms with Gasteiger partial charge in [-0.3, -0.25) is 9.78 Å². The largest absolute Gasteiger partial charge is 1.00 e. The molecule has 1 aliphatic carbocycles. The van der Waals surface area contributed by atoms with Gasteiger partial charge in [0.1, 0.15) is 5.75 Å². The molecule has 0 saturated heterocycles. The number of benzene rings is 1. The molecular formula is C28H32BClN3NaO5. The van der Waals surface area contributed by atoms with Crippen LogP contribution in [-0.4, -0.2) is 53.8 Å². The number of phenols is 1. The summed E-state index contributed by atoms with van der Waals surface area (Å²) in [5.41, 5.74) is 3.91. The molecule has 1 aliphatic rings. The first kappa shape index (κ1) is 33.0. The second kappa shape index (κ2) is 14.5. The zero-order valence-electron chi connectivity index (χ0n) is 23.0. The molecule has 2 aromatic heterocycles. The summed E-state index contributed by atoms with van der Waals surface area (Å²) in [4.78, 5) is 25.3. The number of nitrogens with zero attached hydrogens (tertiary/aromatic N) is 3. The molecule has 8 nitrogen and oxygen atoms in total. The Balaban J connectivity index is 0.00000267. The number of esters is 1. The van der Waals surface area contributed by atoms with Crippen molar-refractivity contribution in [3.63, 3.8) is 0 Å². The van der Waals surface area contributed by atoms with Crippen LogP contribution in [0.2, 0.25) is 5.02 Å². The normalized spacial score (nSPS) is 14.8. The first-order valence-electron chi connectivity index (χ1n) is 12.3. The molecule has 3 aromatic rings. The third-order valence-corrected chi connectivity index (χ3v) is 7.34. The van der Waals surface area contributed by atoms with E-state index in [0.717, 1.165) is 24.0 Å². The Morgan fingerprint density at radius 1 is 1.18 bits per heavy atom. The van der Waals surface area contributed by atoms with Crippen molar-refractivity contribution in [3.8, 4) is 22.9 Å². The molecule has 3 unspecified atom stereocenters. The summed E-state index contributed by atoms with van der Waals surface area (Å²) in [6, 6.07) is 7.28. The van der Waals surface area contributed by atoms with Gasteiger partial charge in [-0.05, 0) is 61.6 Å². The minimum atomic E-state index is -0.860. The Morgan fingerprint density at radius 3 is 2.49 bits per heavy atom. The second-order valence-corrected chi connectivity index (χ2v) is 9.96. The zero-order valence-corrected chi connectivity index (χ0v) is 25.8. The summed E-state index contributed by atoms with van der Waals surface area (Å²) in [7, 11) is 2.93. The number of aromatic nitrogens is 3. The fraction of sp³-hybridized carbons (Fsp3) is 0.429. The van der Waals surface area contributed by atoms with Crippen molar-refractivity contribution >= 4 is 26.0 Å². The van der Waals surface area contributed by atoms with E-state index in [1.807, 2.05) is 19.1 Å². The number of carbonyl (C=O) groups is 1. The molecule has 0 amide bonds. The van der Waals surface area contributed by atoms with E-state index >= 15 is 0 Å². The van der Waals surface area contributed by atoms with E-state index < -0.39 is 6.10 Å². The number of carbonyl (C=O) groups excluding carboxylic acids is 1. The maximum absolute atomic E-state index is 12.2. The molecule has 39 heavy (non-hydrogen) atoms. The van der Waals surface area contributed by atoms with Crippen molar-refractivity contribution in [2.45, 2.75) is 51.6 Å². The maximum Gasteiger partial charge on any atom is 1.00 e. The zero-order chi connectivity index (χ0) is 26.7. The van der Waals surface area contributed by atoms with Crippen molar-refractivity contribution in [2.75, 3.05) is 14.2 Å². The number of aliphatic hydroxyl groups is 1. The summed E-state index contributed by atoms with van der Waals surface area (Å²) in [6.45, 7) is 3.66. The first-order chi connectivity index (χ1) is 17.7. The quantitative estimate of drug-likeness (QED) is 0.286. The van der Waals surface area contributed by atoms with Crippen LogP contribution in [0.1, 0.15) is 60.7 Å². The number of halogens is 1. The van der Waals surface area contributed by atoms with Crippen LogP contribution in [0.4, 0.5) is 0 Å². The monoisotopic (exact) mass is 559 g/mol. The first-order valence-corrected chi connectivity index (χ1v) is 12.7. The van der Waals surface area contributed by atoms with E-state index in [1.165, 1.54) is 20.4 Å². The maximum atomic E-state index is 12.2. The number of ether oxygens (including phenoxy) is 2. The Morgan fingerprint density at radius 2 is 1.90 bits per heavy atom. The van der Waals surface area contributed by atoms with Gasteiger partial charge in [0, 0.05) is 11.6 Å². The molecule has 4 rings (SSSR count). The third kappa shape index (κ3) is 7.73. The van der Waals surface area contributed by atoms with Crippen molar-refractivity contribution in [1.29, 1.82) is 0 Å². The summed E-state index contributed by atoms with van der Waals surface area (Å²) in [6.07, 6.45) is 5.15. The van der Waals surface area contributed by atoms with Crippen LogP contribution in [0.15, 0.2) is 36.7 Å². The van der Waals surface area contributed by atoms with Gasteiger partial charge in [-0.2, -0.15) is 0 Å². The van der Waals surface area contributed by atoms with Crippen molar-refractivity contribution in [2.24, 2.45) is 11.8 Å². The number of aliphatic hydroxyl groups excluding tert-OH is 1. The fourth-order valence-electron chi connectivity index (χ4n) is 4.86. The van der Waals surface area contributed by atoms with E-state index in [1.54, 1.807) is 25.3 Å². The summed E-state index contributed by atoms with van der Waals surface area (Å²) < 4.78 is 10.1. The number of pyridine rings is 1. The molecule has 11 heteroatoms. The van der Waals surface area contributed by atoms with Crippen LogP contribution < -0.4 is 34.3 Å². The average Bonchev–Trinajstić information content (AvgIpc) is 3.73. The van der Waals surface area contributed by atoms with Crippen LogP contribution in [0.3, 0.4) is 0 Å². The van der Waals surface area contributed by atoms with Gasteiger partial charge in [-0.15, -0.1) is 0 Å². The molecule has 1 saturated carbocycles. The van der Waals surface area contributed by atoms with Gasteiger partial charge in [0.15, 0.2) is 0 Å². The van der Waals surface area contributed by atoms with Gasteiger partial charge >= 0.3 is 35.5 Å². The molecular weight excluding hydrogens is 528 g/mol. The number of rotatable bonds is 10. The third-order valence-electron chi connectivity index (χ3n) is 7.04. The summed E-state index contributed by atoms with van der Waals surface area (Å²) in [5, 5.41) is 22.0. The summed E-state index contributed by atoms with van der Waals surface area (Å²) >= 11 is 6.28. The predicted octanol–water partition coefficient (Wildman–Crippen LogP) is 1.81. The molecule has 0 aliphatic heterocycles. The van der Waals surface area contributed by atoms with Crippen molar-refractivity contribution in [3.05, 3.63) is 64.2 Å². The van der Waals surface area contributed by atoms with Gasteiger partial charge in [-0.25, -0.2) is 9.97 Å². The standard InChI is InChI=1S/C28H32ClN3O5.B.Na/c1-15(28(35)37-4)26(18-6-7-18)19-8-5-17(24(34)11-19)9-10-23(33)27-16(2)32-22(14-31-27)20-12-25(36-3)30-13-21(20)29;;/h5,8,11-15,18,23,26,33-34H,6-7,9-10H2,1-4H3;;/q;-1;+1. The minimum absolute atomic E-state index is 0. The average molecular weight is 560 g/mol. The predicted molar refractivity (Wildman–Crippen MR) is 145 cm³/mol. The van der Waals surface area contributed by atoms with Crippen LogP contribution in [0, 0.1) is 18.8 Å². The molecule has 2 N–H and O–H groups in total.